The predicted octanol–water partition coefficient (Wildman–Crippen LogP) is 2.13. The van der Waals surface area contributed by atoms with Crippen molar-refractivity contribution in [3.63, 3.8) is 0 Å². The Bertz CT molecular complexity index is 911. The van der Waals surface area contributed by atoms with Crippen LogP contribution in [0.4, 0.5) is 5.69 Å². The smallest absolute Gasteiger partial charge is 0.345 e. The fourth-order valence-electron chi connectivity index (χ4n) is 3.38. The van der Waals surface area contributed by atoms with Gasteiger partial charge in [0.1, 0.15) is 5.56 Å². The summed E-state index contributed by atoms with van der Waals surface area (Å²) in [5.41, 5.74) is 2.02. The highest BCUT2D eigenvalue weighted by atomic mass is 16.5. The second-order valence-electron chi connectivity index (χ2n) is 6.51. The van der Waals surface area contributed by atoms with Crippen LogP contribution in [0.1, 0.15) is 29.8 Å². The monoisotopic (exact) mass is 356 g/mol. The molecule has 7 nitrogen and oxygen atoms in total. The molecular formula is C19H24N4O3. The number of nitrogens with zero attached hydrogens (tertiary/aromatic N) is 2. The number of amidine groups is 1. The number of anilines is 1. The van der Waals surface area contributed by atoms with Crippen LogP contribution in [0.5, 0.6) is 0 Å². The van der Waals surface area contributed by atoms with Crippen LogP contribution < -0.4 is 10.5 Å². The zero-order valence-corrected chi connectivity index (χ0v) is 15.4. The van der Waals surface area contributed by atoms with E-state index in [1.165, 1.54) is 0 Å². The second-order valence-corrected chi connectivity index (χ2v) is 6.51. The summed E-state index contributed by atoms with van der Waals surface area (Å²) < 4.78 is 5.15. The lowest BCUT2D eigenvalue weighted by Crippen LogP contribution is -2.48. The van der Waals surface area contributed by atoms with Gasteiger partial charge in [-0.1, -0.05) is 11.6 Å². The first-order chi connectivity index (χ1) is 12.4. The number of aromatic amines is 1. The van der Waals surface area contributed by atoms with Crippen LogP contribution in [0.3, 0.4) is 0 Å². The Kier molecular flexibility index (Phi) is 4.97. The van der Waals surface area contributed by atoms with Crippen molar-refractivity contribution in [3.05, 3.63) is 39.7 Å². The number of aromatic nitrogens is 1. The Balaban J connectivity index is 2.15. The van der Waals surface area contributed by atoms with Crippen molar-refractivity contribution in [2.75, 3.05) is 37.7 Å². The van der Waals surface area contributed by atoms with Crippen molar-refractivity contribution < 1.29 is 9.53 Å². The number of fused-ring (bicyclic) bond motifs is 1. The van der Waals surface area contributed by atoms with E-state index in [9.17, 15) is 9.59 Å². The molecule has 1 aliphatic heterocycles. The molecule has 0 bridgehead atoms. The summed E-state index contributed by atoms with van der Waals surface area (Å²) in [6, 6.07) is 5.78. The summed E-state index contributed by atoms with van der Waals surface area (Å²) in [7, 11) is 0. The molecule has 1 saturated heterocycles. The summed E-state index contributed by atoms with van der Waals surface area (Å²) in [4.78, 5) is 32.0. The number of ether oxygens (including phenoxy) is 1. The molecule has 0 spiro atoms. The van der Waals surface area contributed by atoms with Crippen molar-refractivity contribution in [2.24, 2.45) is 0 Å². The highest BCUT2D eigenvalue weighted by molar-refractivity contribution is 6.05. The molecule has 0 amide bonds. The van der Waals surface area contributed by atoms with Crippen molar-refractivity contribution in [1.29, 1.82) is 5.41 Å². The van der Waals surface area contributed by atoms with Crippen LogP contribution in [0.25, 0.3) is 10.9 Å². The molecule has 138 valence electrons. The fourth-order valence-corrected chi connectivity index (χ4v) is 3.38. The number of piperazine rings is 1. The number of rotatable bonds is 3. The maximum atomic E-state index is 12.6. The second kappa shape index (κ2) is 7.19. The van der Waals surface area contributed by atoms with E-state index in [4.69, 9.17) is 10.1 Å². The Hall–Kier alpha value is -2.83. The maximum absolute atomic E-state index is 12.6. The molecule has 0 atom stereocenters. The number of H-pyrrole nitrogens is 1. The molecule has 0 saturated carbocycles. The Morgan fingerprint density at radius 2 is 1.96 bits per heavy atom. The predicted molar refractivity (Wildman–Crippen MR) is 102 cm³/mol. The molecule has 2 heterocycles. The quantitative estimate of drug-likeness (QED) is 0.500. The molecule has 0 aliphatic carbocycles. The SMILES string of the molecule is CCOC(=O)c1c(N2CCN(C(C)=N)CC2)c2cc(C)ccc2[nH]c1=O. The summed E-state index contributed by atoms with van der Waals surface area (Å²) in [5.74, 6) is -0.0697. The van der Waals surface area contributed by atoms with Crippen LogP contribution in [0.15, 0.2) is 23.0 Å². The summed E-state index contributed by atoms with van der Waals surface area (Å²) in [6.07, 6.45) is 0. The minimum atomic E-state index is -0.599. The van der Waals surface area contributed by atoms with Gasteiger partial charge in [-0.15, -0.1) is 0 Å². The van der Waals surface area contributed by atoms with E-state index in [1.807, 2.05) is 30.0 Å². The van der Waals surface area contributed by atoms with Gasteiger partial charge in [0.15, 0.2) is 0 Å². The highest BCUT2D eigenvalue weighted by Crippen LogP contribution is 2.30. The number of nitrogens with one attached hydrogen (secondary N) is 2. The first-order valence-corrected chi connectivity index (χ1v) is 8.81. The van der Waals surface area contributed by atoms with Gasteiger partial charge in [-0.2, -0.15) is 0 Å². The zero-order chi connectivity index (χ0) is 18.8. The van der Waals surface area contributed by atoms with E-state index in [1.54, 1.807) is 13.8 Å². The van der Waals surface area contributed by atoms with Gasteiger partial charge in [0.2, 0.25) is 0 Å². The Morgan fingerprint density at radius 3 is 2.58 bits per heavy atom. The molecule has 0 radical (unpaired) electrons. The summed E-state index contributed by atoms with van der Waals surface area (Å²) >= 11 is 0. The number of hydrogen-bond donors (Lipinski definition) is 2. The molecule has 26 heavy (non-hydrogen) atoms. The van der Waals surface area contributed by atoms with E-state index < -0.39 is 11.5 Å². The minimum absolute atomic E-state index is 0.0602. The third-order valence-corrected chi connectivity index (χ3v) is 4.69. The van der Waals surface area contributed by atoms with E-state index in [0.29, 0.717) is 43.2 Å². The van der Waals surface area contributed by atoms with Crippen molar-refractivity contribution >= 4 is 28.4 Å². The number of hydrogen-bond acceptors (Lipinski definition) is 5. The topological polar surface area (TPSA) is 89.5 Å². The largest absolute Gasteiger partial charge is 0.462 e. The van der Waals surface area contributed by atoms with Crippen LogP contribution in [0, 0.1) is 12.3 Å². The molecule has 2 aromatic rings. The maximum Gasteiger partial charge on any atom is 0.345 e. The summed E-state index contributed by atoms with van der Waals surface area (Å²) in [5, 5.41) is 8.64. The van der Waals surface area contributed by atoms with E-state index in [-0.39, 0.29) is 12.2 Å². The lowest BCUT2D eigenvalue weighted by Gasteiger charge is -2.37. The van der Waals surface area contributed by atoms with Gasteiger partial charge in [-0.25, -0.2) is 4.79 Å². The van der Waals surface area contributed by atoms with Crippen LogP contribution in [0.2, 0.25) is 0 Å². The van der Waals surface area contributed by atoms with E-state index >= 15 is 0 Å². The molecule has 0 unspecified atom stereocenters. The van der Waals surface area contributed by atoms with Crippen molar-refractivity contribution in [2.45, 2.75) is 20.8 Å². The lowest BCUT2D eigenvalue weighted by molar-refractivity contribution is 0.0525. The Morgan fingerprint density at radius 1 is 1.27 bits per heavy atom. The van der Waals surface area contributed by atoms with Crippen molar-refractivity contribution in [1.82, 2.24) is 9.88 Å². The molecule has 1 aromatic heterocycles. The first kappa shape index (κ1) is 18.0. The standard InChI is InChI=1S/C19H24N4O3/c1-4-26-19(25)16-17(23-9-7-22(8-10-23)13(3)20)14-11-12(2)5-6-15(14)21-18(16)24/h5-6,11,20H,4,7-10H2,1-3H3,(H,21,24). The molecular weight excluding hydrogens is 332 g/mol. The van der Waals surface area contributed by atoms with Crippen LogP contribution in [-0.2, 0) is 4.74 Å². The average Bonchev–Trinajstić information content (AvgIpc) is 2.61. The van der Waals surface area contributed by atoms with Crippen LogP contribution in [-0.4, -0.2) is 54.5 Å². The fraction of sp³-hybridized carbons (Fsp3) is 0.421. The van der Waals surface area contributed by atoms with Gasteiger partial charge >= 0.3 is 5.97 Å². The van der Waals surface area contributed by atoms with Crippen molar-refractivity contribution in [3.8, 4) is 0 Å². The molecule has 7 heteroatoms. The average molecular weight is 356 g/mol. The molecule has 3 rings (SSSR count). The van der Waals surface area contributed by atoms with Crippen LogP contribution >= 0.6 is 0 Å². The number of benzene rings is 1. The number of pyridine rings is 1. The van der Waals surface area contributed by atoms with Gasteiger partial charge in [0.25, 0.3) is 5.56 Å². The van der Waals surface area contributed by atoms with Gasteiger partial charge in [-0.05, 0) is 32.9 Å². The number of carbonyl (C=O) groups excluding carboxylic acids is 1. The molecule has 1 fully saturated rings. The lowest BCUT2D eigenvalue weighted by atomic mass is 10.0. The number of aryl methyl sites for hydroxylation is 1. The first-order valence-electron chi connectivity index (χ1n) is 8.81. The van der Waals surface area contributed by atoms with Gasteiger partial charge < -0.3 is 19.5 Å². The van der Waals surface area contributed by atoms with Gasteiger partial charge in [0, 0.05) is 31.6 Å². The third-order valence-electron chi connectivity index (χ3n) is 4.69. The van der Waals surface area contributed by atoms with E-state index in [2.05, 4.69) is 9.88 Å². The van der Waals surface area contributed by atoms with Gasteiger partial charge in [0.05, 0.1) is 23.6 Å². The molecule has 1 aliphatic rings. The zero-order valence-electron chi connectivity index (χ0n) is 15.4. The Labute approximate surface area is 152 Å². The number of carbonyl (C=O) groups is 1. The molecule has 1 aromatic carbocycles. The highest BCUT2D eigenvalue weighted by Gasteiger charge is 2.27. The molecule has 2 N–H and O–H groups in total. The minimum Gasteiger partial charge on any atom is -0.462 e. The third kappa shape index (κ3) is 3.29. The van der Waals surface area contributed by atoms with Gasteiger partial charge in [-0.3, -0.25) is 10.2 Å². The van der Waals surface area contributed by atoms with E-state index in [0.717, 1.165) is 10.9 Å². The number of esters is 1. The normalized spacial score (nSPS) is 14.6. The summed E-state index contributed by atoms with van der Waals surface area (Å²) in [6.45, 7) is 8.31.